The number of benzene rings is 2. The third-order valence-electron chi connectivity index (χ3n) is 4.80. The molecule has 2 nitrogen and oxygen atoms in total. The van der Waals surface area contributed by atoms with Crippen LogP contribution in [0, 0.1) is 34.6 Å². The van der Waals surface area contributed by atoms with Gasteiger partial charge in [0.15, 0.2) is 5.52 Å². The van der Waals surface area contributed by atoms with E-state index in [0.717, 1.165) is 52.8 Å². The maximum absolute atomic E-state index is 12.9. The summed E-state index contributed by atoms with van der Waals surface area (Å²) in [5.41, 5.74) is 6.90. The van der Waals surface area contributed by atoms with E-state index in [2.05, 4.69) is 40.7 Å². The molecule has 2 rings (SSSR count). The normalized spacial score (nSPS) is 10.8. The Bertz CT molecular complexity index is 784. The molecule has 2 aromatic carbocycles. The van der Waals surface area contributed by atoms with Crippen LogP contribution < -0.4 is 10.0 Å². The summed E-state index contributed by atoms with van der Waals surface area (Å²) >= 11 is 0. The number of hydrogen-bond acceptors (Lipinski definition) is 2. The summed E-state index contributed by atoms with van der Waals surface area (Å²) in [6, 6.07) is 8.19. The van der Waals surface area contributed by atoms with Crippen molar-refractivity contribution in [3.05, 3.63) is 57.6 Å². The molecule has 0 radical (unpaired) electrons. The van der Waals surface area contributed by atoms with Crippen LogP contribution >= 0.6 is 8.58 Å². The van der Waals surface area contributed by atoms with Crippen molar-refractivity contribution in [1.29, 1.82) is 0 Å². The van der Waals surface area contributed by atoms with Gasteiger partial charge in [-0.2, -0.15) is 0 Å². The van der Waals surface area contributed by atoms with Crippen molar-refractivity contribution in [2.45, 2.75) is 54.4 Å². The summed E-state index contributed by atoms with van der Waals surface area (Å²) in [6.07, 6.45) is 2.19. The first-order valence-corrected chi connectivity index (χ1v) is 9.97. The summed E-state index contributed by atoms with van der Waals surface area (Å²) < 4.78 is 5.76. The van der Waals surface area contributed by atoms with Gasteiger partial charge in [0.1, 0.15) is 5.75 Å². The molecule has 0 aromatic heterocycles. The molecule has 4 heteroatoms. The first-order chi connectivity index (χ1) is 11.8. The molecule has 0 N–H and O–H groups in total. The quantitative estimate of drug-likeness (QED) is 0.397. The average Bonchev–Trinajstić information content (AvgIpc) is 2.55. The van der Waals surface area contributed by atoms with E-state index in [9.17, 15) is 4.79 Å². The van der Waals surface area contributed by atoms with Crippen LogP contribution in [0.25, 0.3) is 0 Å². The molecule has 0 aliphatic heterocycles. The fourth-order valence-electron chi connectivity index (χ4n) is 3.02. The van der Waals surface area contributed by atoms with Gasteiger partial charge in [0, 0.05) is 5.56 Å². The average molecular weight is 364 g/mol. The van der Waals surface area contributed by atoms with Gasteiger partial charge in [-0.3, -0.25) is 4.79 Å². The Morgan fingerprint density at radius 3 is 2.27 bits per heavy atom. The van der Waals surface area contributed by atoms with Crippen LogP contribution in [0.5, 0.6) is 5.75 Å². The SMILES string of the molecule is CCCCOc1ccc(PC(=O)c2c(C)cc(C)c(C)c2C)c(C)c1.[LiH]. The van der Waals surface area contributed by atoms with E-state index in [0.29, 0.717) is 0 Å². The topological polar surface area (TPSA) is 26.3 Å². The minimum absolute atomic E-state index is 0. The molecule has 26 heavy (non-hydrogen) atoms. The van der Waals surface area contributed by atoms with Gasteiger partial charge in [-0.25, -0.2) is 0 Å². The molecule has 0 spiro atoms. The summed E-state index contributed by atoms with van der Waals surface area (Å²) in [4.78, 5) is 12.9. The van der Waals surface area contributed by atoms with Crippen LogP contribution in [0.15, 0.2) is 24.3 Å². The van der Waals surface area contributed by atoms with E-state index >= 15 is 0 Å². The Hall–Kier alpha value is -1.06. The monoisotopic (exact) mass is 364 g/mol. The molecular weight excluding hydrogens is 334 g/mol. The second-order valence-electron chi connectivity index (χ2n) is 6.77. The Morgan fingerprint density at radius 1 is 0.962 bits per heavy atom. The molecule has 0 aliphatic rings. The summed E-state index contributed by atoms with van der Waals surface area (Å²) in [5, 5.41) is 1.10. The van der Waals surface area contributed by atoms with Crippen molar-refractivity contribution >= 4 is 38.3 Å². The second kappa shape index (κ2) is 10.3. The van der Waals surface area contributed by atoms with Gasteiger partial charge < -0.3 is 4.74 Å². The van der Waals surface area contributed by atoms with E-state index in [-0.39, 0.29) is 33.0 Å². The molecule has 136 valence electrons. The second-order valence-corrected chi connectivity index (χ2v) is 8.01. The van der Waals surface area contributed by atoms with Gasteiger partial charge >= 0.3 is 18.9 Å². The number of carbonyl (C=O) groups is 1. The third kappa shape index (κ3) is 5.47. The van der Waals surface area contributed by atoms with Crippen LogP contribution in [0.4, 0.5) is 0 Å². The number of rotatable bonds is 7. The third-order valence-corrected chi connectivity index (χ3v) is 6.10. The molecule has 1 atom stereocenters. The molecule has 1 unspecified atom stereocenters. The van der Waals surface area contributed by atoms with Gasteiger partial charge in [-0.1, -0.05) is 25.5 Å². The van der Waals surface area contributed by atoms with Crippen molar-refractivity contribution in [3.63, 3.8) is 0 Å². The van der Waals surface area contributed by atoms with E-state index in [1.165, 1.54) is 11.1 Å². The molecular formula is C22H30LiO2P. The molecule has 0 amide bonds. The van der Waals surface area contributed by atoms with Gasteiger partial charge in [0.05, 0.1) is 6.61 Å². The van der Waals surface area contributed by atoms with Crippen LogP contribution in [-0.4, -0.2) is 31.0 Å². The first kappa shape index (κ1) is 23.0. The van der Waals surface area contributed by atoms with Gasteiger partial charge in [-0.05, 0) is 94.9 Å². The van der Waals surface area contributed by atoms with E-state index < -0.39 is 0 Å². The summed E-state index contributed by atoms with van der Waals surface area (Å²) in [6.45, 7) is 13.3. The van der Waals surface area contributed by atoms with Crippen LogP contribution in [-0.2, 0) is 0 Å². The van der Waals surface area contributed by atoms with Gasteiger partial charge in [0.2, 0.25) is 0 Å². The van der Waals surface area contributed by atoms with Gasteiger partial charge in [-0.15, -0.1) is 0 Å². The molecule has 0 bridgehead atoms. The predicted octanol–water partition coefficient (Wildman–Crippen LogP) is 4.90. The van der Waals surface area contributed by atoms with E-state index in [1.807, 2.05) is 25.1 Å². The summed E-state index contributed by atoms with van der Waals surface area (Å²) in [5.74, 6) is 0.894. The van der Waals surface area contributed by atoms with E-state index in [1.54, 1.807) is 0 Å². The predicted molar refractivity (Wildman–Crippen MR) is 116 cm³/mol. The van der Waals surface area contributed by atoms with Crippen molar-refractivity contribution < 1.29 is 9.53 Å². The maximum atomic E-state index is 12.9. The minimum atomic E-state index is 0. The standard InChI is InChI=1S/C22H29O2P.Li.H/c1-7-8-11-24-19-9-10-20(15(3)13-19)25-22(23)21-16(4)12-14(2)17(5)18(21)6;;/h9-10,12-13,25H,7-8,11H2,1-6H3;;. The molecule has 0 fully saturated rings. The zero-order chi connectivity index (χ0) is 18.6. The van der Waals surface area contributed by atoms with Crippen molar-refractivity contribution in [3.8, 4) is 5.75 Å². The Labute approximate surface area is 172 Å². The number of carbonyl (C=O) groups excluding carboxylic acids is 1. The van der Waals surface area contributed by atoms with Crippen molar-refractivity contribution in [2.24, 2.45) is 0 Å². The molecule has 0 saturated carbocycles. The fourth-order valence-corrected chi connectivity index (χ4v) is 4.21. The molecule has 0 heterocycles. The zero-order valence-electron chi connectivity index (χ0n) is 16.2. The van der Waals surface area contributed by atoms with Crippen molar-refractivity contribution in [1.82, 2.24) is 0 Å². The number of ether oxygens (including phenoxy) is 1. The number of unbranched alkanes of at least 4 members (excludes halogenated alkanes) is 1. The first-order valence-electron chi connectivity index (χ1n) is 8.97. The Morgan fingerprint density at radius 2 is 1.65 bits per heavy atom. The van der Waals surface area contributed by atoms with Crippen LogP contribution in [0.2, 0.25) is 0 Å². The van der Waals surface area contributed by atoms with E-state index in [4.69, 9.17) is 4.74 Å². The van der Waals surface area contributed by atoms with Crippen LogP contribution in [0.3, 0.4) is 0 Å². The zero-order valence-corrected chi connectivity index (χ0v) is 17.2. The summed E-state index contributed by atoms with van der Waals surface area (Å²) in [7, 11) is 0.145. The molecule has 0 aliphatic carbocycles. The fraction of sp³-hybridized carbons (Fsp3) is 0.409. The Kier molecular flexibility index (Phi) is 9.12. The molecule has 2 aromatic rings. The van der Waals surface area contributed by atoms with Gasteiger partial charge in [0.25, 0.3) is 0 Å². The van der Waals surface area contributed by atoms with Crippen LogP contribution in [0.1, 0.15) is 57.9 Å². The number of hydrogen-bond donors (Lipinski definition) is 0. The van der Waals surface area contributed by atoms with Crippen molar-refractivity contribution in [2.75, 3.05) is 6.61 Å². The Balaban J connectivity index is 0.00000338. The number of aryl methyl sites for hydroxylation is 3. The molecule has 0 saturated heterocycles.